The summed E-state index contributed by atoms with van der Waals surface area (Å²) >= 11 is 0. The highest BCUT2D eigenvalue weighted by Gasteiger charge is 2.50. The maximum absolute atomic E-state index is 13.1. The van der Waals surface area contributed by atoms with Gasteiger partial charge in [0.15, 0.2) is 0 Å². The molecule has 0 heterocycles. The highest BCUT2D eigenvalue weighted by molar-refractivity contribution is 6.99. The molecular weight excluding hydrogens is 575 g/mol. The van der Waals surface area contributed by atoms with Crippen LogP contribution < -0.4 is 10.4 Å². The van der Waals surface area contributed by atoms with Gasteiger partial charge in [-0.15, -0.1) is 0 Å². The molecule has 1 atom stereocenters. The fourth-order valence-electron chi connectivity index (χ4n) is 6.65. The van der Waals surface area contributed by atoms with E-state index < -0.39 is 13.9 Å². The lowest BCUT2D eigenvalue weighted by atomic mass is 9.70. The van der Waals surface area contributed by atoms with E-state index in [0.29, 0.717) is 24.7 Å². The molecule has 0 aliphatic heterocycles. The zero-order valence-corrected chi connectivity index (χ0v) is 30.3. The largest absolute Gasteiger partial charge is 0.460 e. The molecule has 5 nitrogen and oxygen atoms in total. The Morgan fingerprint density at radius 3 is 1.96 bits per heavy atom. The number of benzene rings is 2. The van der Waals surface area contributed by atoms with Crippen molar-refractivity contribution in [1.29, 1.82) is 0 Å². The summed E-state index contributed by atoms with van der Waals surface area (Å²) in [4.78, 5) is 18.4. The Morgan fingerprint density at radius 2 is 1.49 bits per heavy atom. The predicted octanol–water partition coefficient (Wildman–Crippen LogP) is 8.16. The molecule has 0 radical (unpaired) electrons. The maximum Gasteiger partial charge on any atom is 0.307 e. The fraction of sp³-hybridized carbons (Fsp3) is 0.590. The molecule has 0 bridgehead atoms. The normalized spacial score (nSPS) is 18.0. The number of rotatable bonds is 14. The number of carbonyl (C=O) groups is 1. The number of esters is 1. The van der Waals surface area contributed by atoms with E-state index in [2.05, 4.69) is 112 Å². The molecule has 0 amide bonds. The van der Waals surface area contributed by atoms with E-state index in [1.807, 2.05) is 20.8 Å². The van der Waals surface area contributed by atoms with Gasteiger partial charge in [0.05, 0.1) is 6.42 Å². The zero-order chi connectivity index (χ0) is 33.1. The van der Waals surface area contributed by atoms with Gasteiger partial charge < -0.3 is 14.0 Å². The van der Waals surface area contributed by atoms with E-state index in [9.17, 15) is 4.79 Å². The molecule has 2 aromatic carbocycles. The first kappa shape index (κ1) is 36.6. The van der Waals surface area contributed by atoms with E-state index in [-0.39, 0.29) is 23.3 Å². The summed E-state index contributed by atoms with van der Waals surface area (Å²) in [5, 5.41) is 6.68. The Bertz CT molecular complexity index is 1230. The van der Waals surface area contributed by atoms with Crippen molar-refractivity contribution >= 4 is 30.4 Å². The van der Waals surface area contributed by atoms with Crippen molar-refractivity contribution in [3.05, 3.63) is 60.7 Å². The molecule has 0 aromatic heterocycles. The minimum absolute atomic E-state index is 0.144. The fourth-order valence-corrected chi connectivity index (χ4v) is 11.2. The first-order chi connectivity index (χ1) is 21.3. The second-order valence-corrected chi connectivity index (χ2v) is 19.0. The predicted molar refractivity (Wildman–Crippen MR) is 189 cm³/mol. The number of nitrogens with zero attached hydrogens (tertiary/aromatic N) is 1. The summed E-state index contributed by atoms with van der Waals surface area (Å²) in [5.41, 5.74) is 0.0189. The molecule has 6 heteroatoms. The molecule has 1 fully saturated rings. The molecule has 1 saturated carbocycles. The van der Waals surface area contributed by atoms with Gasteiger partial charge in [-0.3, -0.25) is 4.79 Å². The molecule has 1 aliphatic carbocycles. The lowest BCUT2D eigenvalue weighted by molar-refractivity contribution is -0.155. The SMILES string of the molecule is CCC(CC)CC1CC(C#C/C(=N\OC)C(CCO[Si](c2ccccc2)(c2ccccc2)C(C)(C)C)CC(=O)OC(C)(C)C)C1. The van der Waals surface area contributed by atoms with Crippen LogP contribution in [-0.2, 0) is 18.8 Å². The van der Waals surface area contributed by atoms with E-state index in [1.165, 1.54) is 29.6 Å². The second kappa shape index (κ2) is 16.6. The lowest BCUT2D eigenvalue weighted by Crippen LogP contribution is -2.66. The number of oxime groups is 1. The van der Waals surface area contributed by atoms with Crippen LogP contribution in [0.4, 0.5) is 0 Å². The quantitative estimate of drug-likeness (QED) is 0.0694. The average molecular weight is 632 g/mol. The van der Waals surface area contributed by atoms with Gasteiger partial charge in [0.1, 0.15) is 18.4 Å². The maximum atomic E-state index is 13.1. The summed E-state index contributed by atoms with van der Waals surface area (Å²) in [6.07, 6.45) is 6.80. The van der Waals surface area contributed by atoms with Crippen LogP contribution in [0.25, 0.3) is 0 Å². The van der Waals surface area contributed by atoms with Gasteiger partial charge in [-0.1, -0.05) is 119 Å². The van der Waals surface area contributed by atoms with E-state index in [4.69, 9.17) is 14.0 Å². The van der Waals surface area contributed by atoms with Crippen LogP contribution in [-0.4, -0.2) is 39.3 Å². The Hall–Kier alpha value is -2.88. The highest BCUT2D eigenvalue weighted by Crippen LogP contribution is 2.39. The van der Waals surface area contributed by atoms with Crippen LogP contribution in [0.1, 0.15) is 100 Å². The summed E-state index contributed by atoms with van der Waals surface area (Å²) < 4.78 is 12.9. The number of carbonyl (C=O) groups excluding carboxylic acids is 1. The van der Waals surface area contributed by atoms with Gasteiger partial charge in [0.25, 0.3) is 8.32 Å². The van der Waals surface area contributed by atoms with Crippen molar-refractivity contribution in [2.45, 2.75) is 111 Å². The van der Waals surface area contributed by atoms with E-state index in [1.54, 1.807) is 7.11 Å². The van der Waals surface area contributed by atoms with Crippen LogP contribution in [0.3, 0.4) is 0 Å². The molecular formula is C39H57NO4Si. The van der Waals surface area contributed by atoms with Gasteiger partial charge in [0.2, 0.25) is 0 Å². The molecule has 246 valence electrons. The first-order valence-electron chi connectivity index (χ1n) is 16.9. The Balaban J connectivity index is 1.88. The Morgan fingerprint density at radius 1 is 0.933 bits per heavy atom. The van der Waals surface area contributed by atoms with Crippen molar-refractivity contribution in [3.63, 3.8) is 0 Å². The Kier molecular flexibility index (Phi) is 13.5. The average Bonchev–Trinajstić information content (AvgIpc) is 2.96. The third-order valence-electron chi connectivity index (χ3n) is 9.07. The molecule has 0 saturated heterocycles. The van der Waals surface area contributed by atoms with Crippen LogP contribution in [0.15, 0.2) is 65.8 Å². The second-order valence-electron chi connectivity index (χ2n) is 14.7. The molecule has 0 N–H and O–H groups in total. The third-order valence-corrected chi connectivity index (χ3v) is 14.1. The van der Waals surface area contributed by atoms with Crippen molar-refractivity contribution in [2.24, 2.45) is 28.8 Å². The smallest absolute Gasteiger partial charge is 0.307 e. The number of ether oxygens (including phenoxy) is 1. The van der Waals surface area contributed by atoms with Gasteiger partial charge in [-0.25, -0.2) is 0 Å². The van der Waals surface area contributed by atoms with Gasteiger partial charge in [-0.2, -0.15) is 0 Å². The summed E-state index contributed by atoms with van der Waals surface area (Å²) in [6, 6.07) is 21.3. The van der Waals surface area contributed by atoms with Crippen LogP contribution in [0.2, 0.25) is 5.04 Å². The van der Waals surface area contributed by atoms with Crippen molar-refractivity contribution in [2.75, 3.05) is 13.7 Å². The highest BCUT2D eigenvalue weighted by atomic mass is 28.4. The molecule has 2 aromatic rings. The molecule has 1 aliphatic rings. The summed E-state index contributed by atoms with van der Waals surface area (Å²) in [7, 11) is -1.19. The van der Waals surface area contributed by atoms with Gasteiger partial charge >= 0.3 is 5.97 Å². The zero-order valence-electron chi connectivity index (χ0n) is 29.3. The van der Waals surface area contributed by atoms with Crippen molar-refractivity contribution < 1.29 is 18.8 Å². The van der Waals surface area contributed by atoms with E-state index in [0.717, 1.165) is 24.7 Å². The van der Waals surface area contributed by atoms with Crippen LogP contribution >= 0.6 is 0 Å². The number of hydrogen-bond acceptors (Lipinski definition) is 5. The van der Waals surface area contributed by atoms with Gasteiger partial charge in [-0.05, 0) is 79.6 Å². The number of hydrogen-bond donors (Lipinski definition) is 0. The molecule has 0 spiro atoms. The molecule has 45 heavy (non-hydrogen) atoms. The standard InChI is InChI=1S/C39H57NO4Si/c1-10-30(11-2)26-32-27-31(28-32)22-23-36(40-42-9)33(29-37(41)44-38(3,4)5)24-25-43-45(39(6,7)8,34-18-14-12-15-19-34)35-20-16-13-17-21-35/h12-21,30-33H,10-11,24-29H2,1-9H3/b40-36+. The lowest BCUT2D eigenvalue weighted by Gasteiger charge is -2.43. The summed E-state index contributed by atoms with van der Waals surface area (Å²) in [5.74, 6) is 8.22. The van der Waals surface area contributed by atoms with Crippen molar-refractivity contribution in [1.82, 2.24) is 0 Å². The minimum Gasteiger partial charge on any atom is -0.460 e. The van der Waals surface area contributed by atoms with Crippen LogP contribution in [0, 0.1) is 35.5 Å². The Labute approximate surface area is 274 Å². The first-order valence-corrected chi connectivity index (χ1v) is 18.8. The van der Waals surface area contributed by atoms with E-state index >= 15 is 0 Å². The monoisotopic (exact) mass is 631 g/mol. The third kappa shape index (κ3) is 10.3. The molecule has 1 unspecified atom stereocenters. The van der Waals surface area contributed by atoms with Gasteiger partial charge in [0, 0.05) is 18.4 Å². The van der Waals surface area contributed by atoms with Crippen molar-refractivity contribution in [3.8, 4) is 11.8 Å². The topological polar surface area (TPSA) is 57.1 Å². The molecule has 3 rings (SSSR count). The minimum atomic E-state index is -2.73. The summed E-state index contributed by atoms with van der Waals surface area (Å²) in [6.45, 7) is 17.5. The van der Waals surface area contributed by atoms with Crippen LogP contribution in [0.5, 0.6) is 0 Å².